The van der Waals surface area contributed by atoms with E-state index in [0.717, 1.165) is 24.8 Å². The van der Waals surface area contributed by atoms with Gasteiger partial charge in [0, 0.05) is 5.69 Å². The van der Waals surface area contributed by atoms with Crippen LogP contribution in [0.15, 0.2) is 77.7 Å². The SMILES string of the molecule is CCCCc1ccc(NC(=O)[C@H](Cc2ccccc2)NS(=O)(=O)c2ccc(OC)c(Cl)c2)cc1. The van der Waals surface area contributed by atoms with Gasteiger partial charge in [-0.3, -0.25) is 4.79 Å². The Bertz CT molecular complexity index is 1200. The van der Waals surface area contributed by atoms with Gasteiger partial charge in [-0.05, 0) is 60.7 Å². The van der Waals surface area contributed by atoms with E-state index in [9.17, 15) is 13.2 Å². The van der Waals surface area contributed by atoms with E-state index in [1.165, 1.54) is 30.9 Å². The molecule has 0 heterocycles. The molecular weight excluding hydrogens is 472 g/mol. The van der Waals surface area contributed by atoms with Gasteiger partial charge in [-0.1, -0.05) is 67.4 Å². The smallest absolute Gasteiger partial charge is 0.242 e. The van der Waals surface area contributed by atoms with Crippen molar-refractivity contribution in [3.63, 3.8) is 0 Å². The minimum absolute atomic E-state index is 0.0514. The lowest BCUT2D eigenvalue weighted by atomic mass is 10.1. The van der Waals surface area contributed by atoms with Crippen molar-refractivity contribution in [3.05, 3.63) is 88.9 Å². The largest absolute Gasteiger partial charge is 0.495 e. The number of hydrogen-bond donors (Lipinski definition) is 2. The van der Waals surface area contributed by atoms with E-state index < -0.39 is 22.0 Å². The Labute approximate surface area is 206 Å². The molecule has 0 saturated carbocycles. The average Bonchev–Trinajstić information content (AvgIpc) is 2.83. The van der Waals surface area contributed by atoms with Crippen molar-refractivity contribution in [1.29, 1.82) is 0 Å². The molecule has 1 amide bonds. The van der Waals surface area contributed by atoms with Crippen molar-refractivity contribution in [2.75, 3.05) is 12.4 Å². The summed E-state index contributed by atoms with van der Waals surface area (Å²) in [5, 5.41) is 3.00. The van der Waals surface area contributed by atoms with E-state index in [1.54, 1.807) is 0 Å². The van der Waals surface area contributed by atoms with Crippen LogP contribution in [0.3, 0.4) is 0 Å². The first-order chi connectivity index (χ1) is 16.3. The molecule has 0 aromatic heterocycles. The number of carbonyl (C=O) groups is 1. The highest BCUT2D eigenvalue weighted by Gasteiger charge is 2.27. The number of benzene rings is 3. The number of aryl methyl sites for hydroxylation is 1. The molecule has 0 fully saturated rings. The zero-order chi connectivity index (χ0) is 24.6. The molecule has 0 aliphatic heterocycles. The van der Waals surface area contributed by atoms with Gasteiger partial charge < -0.3 is 10.1 Å². The fraction of sp³-hybridized carbons (Fsp3) is 0.269. The van der Waals surface area contributed by atoms with E-state index in [-0.39, 0.29) is 16.3 Å². The highest BCUT2D eigenvalue weighted by atomic mass is 35.5. The highest BCUT2D eigenvalue weighted by molar-refractivity contribution is 7.89. The number of rotatable bonds is 11. The number of methoxy groups -OCH3 is 1. The second kappa shape index (κ2) is 12.0. The number of anilines is 1. The molecule has 180 valence electrons. The first-order valence-corrected chi connectivity index (χ1v) is 13.0. The summed E-state index contributed by atoms with van der Waals surface area (Å²) >= 11 is 6.12. The molecule has 3 rings (SSSR count). The van der Waals surface area contributed by atoms with Gasteiger partial charge >= 0.3 is 0 Å². The van der Waals surface area contributed by atoms with Gasteiger partial charge in [0.25, 0.3) is 0 Å². The maximum atomic E-state index is 13.2. The first kappa shape index (κ1) is 25.7. The summed E-state index contributed by atoms with van der Waals surface area (Å²) in [6.07, 6.45) is 3.37. The number of sulfonamides is 1. The third-order valence-corrected chi connectivity index (χ3v) is 7.14. The standard InChI is InChI=1S/C26H29ClN2O4S/c1-3-4-8-19-11-13-21(14-12-19)28-26(30)24(17-20-9-6-5-7-10-20)29-34(31,32)22-15-16-25(33-2)23(27)18-22/h5-7,9-16,18,24,29H,3-4,8,17H2,1-2H3,(H,28,30)/t24-/m0/s1. The molecular formula is C26H29ClN2O4S. The molecule has 3 aromatic carbocycles. The highest BCUT2D eigenvalue weighted by Crippen LogP contribution is 2.27. The van der Waals surface area contributed by atoms with Crippen LogP contribution >= 0.6 is 11.6 Å². The zero-order valence-corrected chi connectivity index (χ0v) is 20.8. The van der Waals surface area contributed by atoms with Crippen LogP contribution in [0.5, 0.6) is 5.75 Å². The molecule has 0 unspecified atom stereocenters. The predicted molar refractivity (Wildman–Crippen MR) is 136 cm³/mol. The monoisotopic (exact) mass is 500 g/mol. The van der Waals surface area contributed by atoms with Gasteiger partial charge in [-0.15, -0.1) is 0 Å². The summed E-state index contributed by atoms with van der Waals surface area (Å²) in [4.78, 5) is 13.1. The summed E-state index contributed by atoms with van der Waals surface area (Å²) in [5.74, 6) is -0.0880. The summed E-state index contributed by atoms with van der Waals surface area (Å²) in [6, 6.07) is 20.0. The van der Waals surface area contributed by atoms with E-state index in [1.807, 2.05) is 54.6 Å². The van der Waals surface area contributed by atoms with Gasteiger partial charge in [-0.25, -0.2) is 8.42 Å². The number of amides is 1. The second-order valence-electron chi connectivity index (χ2n) is 7.95. The van der Waals surface area contributed by atoms with E-state index in [0.29, 0.717) is 11.4 Å². The van der Waals surface area contributed by atoms with Crippen LogP contribution in [-0.2, 0) is 27.7 Å². The Morgan fingerprint density at radius 3 is 2.32 bits per heavy atom. The third kappa shape index (κ3) is 7.06. The summed E-state index contributed by atoms with van der Waals surface area (Å²) in [7, 11) is -2.58. The molecule has 8 heteroatoms. The van der Waals surface area contributed by atoms with Gasteiger partial charge in [-0.2, -0.15) is 4.72 Å². The Kier molecular flexibility index (Phi) is 9.10. The number of unbranched alkanes of at least 4 members (excludes halogenated alkanes) is 1. The van der Waals surface area contributed by atoms with Gasteiger partial charge in [0.2, 0.25) is 15.9 Å². The molecule has 0 aliphatic rings. The van der Waals surface area contributed by atoms with Gasteiger partial charge in [0.1, 0.15) is 11.8 Å². The molecule has 0 aliphatic carbocycles. The normalized spacial score (nSPS) is 12.2. The van der Waals surface area contributed by atoms with Crippen molar-refractivity contribution in [1.82, 2.24) is 4.72 Å². The Balaban J connectivity index is 1.81. The lowest BCUT2D eigenvalue weighted by Gasteiger charge is -2.19. The molecule has 0 radical (unpaired) electrons. The minimum Gasteiger partial charge on any atom is -0.495 e. The van der Waals surface area contributed by atoms with Gasteiger partial charge in [0.15, 0.2) is 0 Å². The molecule has 3 aromatic rings. The van der Waals surface area contributed by atoms with Crippen LogP contribution in [0.2, 0.25) is 5.02 Å². The van der Waals surface area contributed by atoms with Crippen LogP contribution in [-0.4, -0.2) is 27.5 Å². The van der Waals surface area contributed by atoms with E-state index in [2.05, 4.69) is 17.0 Å². The molecule has 0 bridgehead atoms. The van der Waals surface area contributed by atoms with Crippen molar-refractivity contribution < 1.29 is 17.9 Å². The quantitative estimate of drug-likeness (QED) is 0.378. The molecule has 0 spiro atoms. The second-order valence-corrected chi connectivity index (χ2v) is 10.1. The molecule has 0 saturated heterocycles. The maximum Gasteiger partial charge on any atom is 0.242 e. The van der Waals surface area contributed by atoms with Crippen LogP contribution in [0.25, 0.3) is 0 Å². The van der Waals surface area contributed by atoms with Crippen LogP contribution in [0, 0.1) is 0 Å². The number of hydrogen-bond acceptors (Lipinski definition) is 4. The predicted octanol–water partition coefficient (Wildman–Crippen LogP) is 5.22. The number of nitrogens with one attached hydrogen (secondary N) is 2. The number of carbonyl (C=O) groups excluding carboxylic acids is 1. The fourth-order valence-corrected chi connectivity index (χ4v) is 5.02. The van der Waals surface area contributed by atoms with E-state index >= 15 is 0 Å². The molecule has 1 atom stereocenters. The van der Waals surface area contributed by atoms with Crippen molar-refractivity contribution in [2.24, 2.45) is 0 Å². The Morgan fingerprint density at radius 2 is 1.71 bits per heavy atom. The maximum absolute atomic E-state index is 13.2. The zero-order valence-electron chi connectivity index (χ0n) is 19.3. The van der Waals surface area contributed by atoms with Crippen molar-refractivity contribution >= 4 is 33.2 Å². The molecule has 34 heavy (non-hydrogen) atoms. The number of ether oxygens (including phenoxy) is 1. The Hall–Kier alpha value is -2.87. The summed E-state index contributed by atoms with van der Waals surface area (Å²) in [5.41, 5.74) is 2.63. The average molecular weight is 501 g/mol. The summed E-state index contributed by atoms with van der Waals surface area (Å²) < 4.78 is 33.8. The topological polar surface area (TPSA) is 84.5 Å². The van der Waals surface area contributed by atoms with Crippen LogP contribution < -0.4 is 14.8 Å². The van der Waals surface area contributed by atoms with Gasteiger partial charge in [0.05, 0.1) is 17.0 Å². The Morgan fingerprint density at radius 1 is 1.00 bits per heavy atom. The lowest BCUT2D eigenvalue weighted by Crippen LogP contribution is -2.45. The first-order valence-electron chi connectivity index (χ1n) is 11.1. The molecule has 6 nitrogen and oxygen atoms in total. The van der Waals surface area contributed by atoms with E-state index in [4.69, 9.17) is 16.3 Å². The fourth-order valence-electron chi connectivity index (χ4n) is 3.47. The van der Waals surface area contributed by atoms with Crippen LogP contribution in [0.1, 0.15) is 30.9 Å². The van der Waals surface area contributed by atoms with Crippen molar-refractivity contribution in [3.8, 4) is 5.75 Å². The van der Waals surface area contributed by atoms with Crippen molar-refractivity contribution in [2.45, 2.75) is 43.5 Å². The summed E-state index contributed by atoms with van der Waals surface area (Å²) in [6.45, 7) is 2.14. The minimum atomic E-state index is -4.03. The number of halogens is 1. The molecule has 2 N–H and O–H groups in total. The lowest BCUT2D eigenvalue weighted by molar-refractivity contribution is -0.117. The van der Waals surface area contributed by atoms with Crippen LogP contribution in [0.4, 0.5) is 5.69 Å². The third-order valence-electron chi connectivity index (χ3n) is 5.37.